The molecule has 0 radical (unpaired) electrons. The summed E-state index contributed by atoms with van der Waals surface area (Å²) in [5.74, 6) is 0. The zero-order valence-electron chi connectivity index (χ0n) is 24.1. The van der Waals surface area contributed by atoms with Gasteiger partial charge in [0, 0.05) is 32.9 Å². The Balaban J connectivity index is 1.45. The van der Waals surface area contributed by atoms with Gasteiger partial charge in [0.2, 0.25) is 0 Å². The minimum absolute atomic E-state index is 1.15. The van der Waals surface area contributed by atoms with E-state index in [0.717, 1.165) is 11.4 Å². The Morgan fingerprint density at radius 2 is 0.750 bits per heavy atom. The fourth-order valence-corrected chi connectivity index (χ4v) is 6.93. The second-order valence-electron chi connectivity index (χ2n) is 11.4. The zero-order valence-corrected chi connectivity index (χ0v) is 24.1. The molecule has 206 valence electrons. The molecule has 0 aliphatic rings. The van der Waals surface area contributed by atoms with E-state index >= 15 is 0 Å². The minimum atomic E-state index is 1.15. The molecule has 0 spiro atoms. The van der Waals surface area contributed by atoms with Crippen molar-refractivity contribution in [3.05, 3.63) is 170 Å². The number of rotatable bonds is 4. The smallest absolute Gasteiger partial charge is 0.0788 e. The lowest BCUT2D eigenvalue weighted by atomic mass is 10.0. The highest BCUT2D eigenvalue weighted by atomic mass is 15.0. The van der Waals surface area contributed by atoms with Crippen LogP contribution in [0.4, 0.5) is 0 Å². The maximum atomic E-state index is 2.47. The first-order valence-electron chi connectivity index (χ1n) is 15.1. The van der Waals surface area contributed by atoms with Gasteiger partial charge in [0.25, 0.3) is 0 Å². The summed E-state index contributed by atoms with van der Waals surface area (Å²) < 4.78 is 4.94. The van der Waals surface area contributed by atoms with Gasteiger partial charge in [-0.15, -0.1) is 0 Å². The number of para-hydroxylation sites is 2. The molecule has 0 saturated heterocycles. The van der Waals surface area contributed by atoms with Crippen molar-refractivity contribution in [3.8, 4) is 33.6 Å². The topological polar surface area (TPSA) is 9.86 Å². The Morgan fingerprint density at radius 1 is 0.273 bits per heavy atom. The van der Waals surface area contributed by atoms with Gasteiger partial charge in [0.15, 0.2) is 0 Å². The van der Waals surface area contributed by atoms with Gasteiger partial charge < -0.3 is 9.13 Å². The minimum Gasteiger partial charge on any atom is -0.307 e. The third-order valence-corrected chi connectivity index (χ3v) is 8.90. The lowest BCUT2D eigenvalue weighted by Gasteiger charge is -2.13. The molecular weight excluding hydrogens is 532 g/mol. The van der Waals surface area contributed by atoms with Crippen LogP contribution in [0.2, 0.25) is 0 Å². The van der Waals surface area contributed by atoms with E-state index in [2.05, 4.69) is 179 Å². The third-order valence-electron chi connectivity index (χ3n) is 8.90. The van der Waals surface area contributed by atoms with Crippen LogP contribution in [0.1, 0.15) is 0 Å². The van der Waals surface area contributed by atoms with E-state index < -0.39 is 0 Å². The molecule has 2 heterocycles. The van der Waals surface area contributed by atoms with Crippen LogP contribution in [0.25, 0.3) is 77.2 Å². The summed E-state index contributed by atoms with van der Waals surface area (Å²) in [5.41, 5.74) is 12.0. The molecule has 0 unspecified atom stereocenters. The van der Waals surface area contributed by atoms with Crippen LogP contribution in [-0.2, 0) is 0 Å². The van der Waals surface area contributed by atoms with Crippen LogP contribution in [0.3, 0.4) is 0 Å². The Hall–Kier alpha value is -5.86. The lowest BCUT2D eigenvalue weighted by Crippen LogP contribution is -1.99. The van der Waals surface area contributed by atoms with E-state index in [4.69, 9.17) is 0 Å². The zero-order chi connectivity index (χ0) is 29.0. The molecule has 2 aromatic heterocycles. The first-order valence-corrected chi connectivity index (χ1v) is 15.1. The Labute approximate surface area is 255 Å². The van der Waals surface area contributed by atoms with Gasteiger partial charge in [-0.1, -0.05) is 133 Å². The van der Waals surface area contributed by atoms with Crippen molar-refractivity contribution in [3.63, 3.8) is 0 Å². The van der Waals surface area contributed by atoms with Crippen molar-refractivity contribution in [2.45, 2.75) is 0 Å². The SMILES string of the molecule is c1ccc(-c2cccc(-n3c4ccccc4c4ccc5c6ccc(-c7ccccc7)cc6n(-c6ccccc6)c5c43)c2)cc1. The Morgan fingerprint density at radius 3 is 1.43 bits per heavy atom. The number of aromatic nitrogens is 2. The monoisotopic (exact) mass is 560 g/mol. The highest BCUT2D eigenvalue weighted by Gasteiger charge is 2.21. The first-order chi connectivity index (χ1) is 21.8. The summed E-state index contributed by atoms with van der Waals surface area (Å²) in [6.07, 6.45) is 0. The Bertz CT molecular complexity index is 2470. The number of nitrogens with zero attached hydrogens (tertiary/aromatic N) is 2. The average Bonchev–Trinajstić information content (AvgIpc) is 3.62. The molecule has 0 aliphatic heterocycles. The molecule has 7 aromatic carbocycles. The van der Waals surface area contributed by atoms with Crippen molar-refractivity contribution < 1.29 is 0 Å². The molecule has 9 aromatic rings. The quantitative estimate of drug-likeness (QED) is 0.203. The fraction of sp³-hybridized carbons (Fsp3) is 0. The lowest BCUT2D eigenvalue weighted by molar-refractivity contribution is 1.15. The molecule has 2 nitrogen and oxygen atoms in total. The van der Waals surface area contributed by atoms with Gasteiger partial charge in [0.1, 0.15) is 0 Å². The molecule has 0 atom stereocenters. The van der Waals surface area contributed by atoms with E-state index in [1.54, 1.807) is 0 Å². The molecule has 0 fully saturated rings. The summed E-state index contributed by atoms with van der Waals surface area (Å²) in [7, 11) is 0. The largest absolute Gasteiger partial charge is 0.307 e. The Kier molecular flexibility index (Phi) is 5.54. The maximum absolute atomic E-state index is 2.47. The van der Waals surface area contributed by atoms with Crippen molar-refractivity contribution in [1.82, 2.24) is 9.13 Å². The third kappa shape index (κ3) is 3.75. The van der Waals surface area contributed by atoms with Crippen molar-refractivity contribution in [2.75, 3.05) is 0 Å². The van der Waals surface area contributed by atoms with E-state index in [1.807, 2.05) is 0 Å². The average molecular weight is 561 g/mol. The molecule has 0 aliphatic carbocycles. The van der Waals surface area contributed by atoms with Crippen LogP contribution in [0.5, 0.6) is 0 Å². The molecule has 44 heavy (non-hydrogen) atoms. The number of benzene rings is 7. The second-order valence-corrected chi connectivity index (χ2v) is 11.4. The van der Waals surface area contributed by atoms with Crippen LogP contribution in [0.15, 0.2) is 170 Å². The van der Waals surface area contributed by atoms with Gasteiger partial charge in [-0.25, -0.2) is 0 Å². The molecule has 0 amide bonds. The fourth-order valence-electron chi connectivity index (χ4n) is 6.93. The molecule has 2 heteroatoms. The molecule has 0 bridgehead atoms. The van der Waals surface area contributed by atoms with E-state index in [0.29, 0.717) is 0 Å². The van der Waals surface area contributed by atoms with Crippen molar-refractivity contribution in [1.29, 1.82) is 0 Å². The summed E-state index contributed by atoms with van der Waals surface area (Å²) in [6, 6.07) is 61.4. The summed E-state index contributed by atoms with van der Waals surface area (Å²) in [5, 5.41) is 5.00. The van der Waals surface area contributed by atoms with E-state index in [9.17, 15) is 0 Å². The maximum Gasteiger partial charge on any atom is 0.0788 e. The van der Waals surface area contributed by atoms with Crippen LogP contribution in [-0.4, -0.2) is 9.13 Å². The number of hydrogen-bond donors (Lipinski definition) is 0. The second kappa shape index (κ2) is 9.86. The first kappa shape index (κ1) is 24.7. The van der Waals surface area contributed by atoms with Crippen LogP contribution in [0, 0.1) is 0 Å². The molecular formula is C42H28N2. The van der Waals surface area contributed by atoms with E-state index in [-0.39, 0.29) is 0 Å². The van der Waals surface area contributed by atoms with Gasteiger partial charge in [0.05, 0.1) is 22.1 Å². The van der Waals surface area contributed by atoms with Crippen molar-refractivity contribution in [2.24, 2.45) is 0 Å². The predicted molar refractivity (Wildman–Crippen MR) is 186 cm³/mol. The van der Waals surface area contributed by atoms with Gasteiger partial charge in [-0.2, -0.15) is 0 Å². The highest BCUT2D eigenvalue weighted by molar-refractivity contribution is 6.24. The van der Waals surface area contributed by atoms with Crippen molar-refractivity contribution >= 4 is 43.6 Å². The van der Waals surface area contributed by atoms with Gasteiger partial charge in [-0.05, 0) is 58.7 Å². The number of hydrogen-bond acceptors (Lipinski definition) is 0. The molecule has 0 saturated carbocycles. The van der Waals surface area contributed by atoms with E-state index in [1.165, 1.54) is 65.9 Å². The normalized spacial score (nSPS) is 11.6. The van der Waals surface area contributed by atoms with Crippen LogP contribution >= 0.6 is 0 Å². The predicted octanol–water partition coefficient (Wildman–Crippen LogP) is 11.2. The summed E-state index contributed by atoms with van der Waals surface area (Å²) in [4.78, 5) is 0. The summed E-state index contributed by atoms with van der Waals surface area (Å²) >= 11 is 0. The highest BCUT2D eigenvalue weighted by Crippen LogP contribution is 2.42. The molecule has 9 rings (SSSR count). The number of fused-ring (bicyclic) bond motifs is 7. The standard InChI is InChI=1S/C42H28N2/c1-4-13-29(14-5-1)31-17-12-20-34(27-31)44-39-22-11-10-21-35(39)37-25-26-38-36-24-23-32(30-15-6-2-7-16-30)28-40(36)43(41(38)42(37)44)33-18-8-3-9-19-33/h1-28H. The van der Waals surface area contributed by atoms with Gasteiger partial charge in [-0.3, -0.25) is 0 Å². The van der Waals surface area contributed by atoms with Crippen LogP contribution < -0.4 is 0 Å². The molecule has 0 N–H and O–H groups in total. The summed E-state index contributed by atoms with van der Waals surface area (Å²) in [6.45, 7) is 0. The van der Waals surface area contributed by atoms with Gasteiger partial charge >= 0.3 is 0 Å².